The molecular weight excluding hydrogens is 346 g/mol. The zero-order chi connectivity index (χ0) is 12.3. The van der Waals surface area contributed by atoms with Gasteiger partial charge in [-0.1, -0.05) is 30.3 Å². The van der Waals surface area contributed by atoms with E-state index >= 15 is 0 Å². The van der Waals surface area contributed by atoms with Crippen LogP contribution in [0.3, 0.4) is 0 Å². The zero-order valence-electron chi connectivity index (χ0n) is 9.41. The Hall–Kier alpha value is -0.580. The van der Waals surface area contributed by atoms with Crippen molar-refractivity contribution in [1.82, 2.24) is 5.32 Å². The van der Waals surface area contributed by atoms with Gasteiger partial charge in [-0.05, 0) is 50.4 Å². The van der Waals surface area contributed by atoms with Gasteiger partial charge in [0.1, 0.15) is 5.76 Å². The summed E-state index contributed by atoms with van der Waals surface area (Å²) in [6.45, 7) is 2.85. The Morgan fingerprint density at radius 3 is 2.53 bits per heavy atom. The van der Waals surface area contributed by atoms with E-state index in [1.807, 2.05) is 24.3 Å². The van der Waals surface area contributed by atoms with E-state index in [0.717, 1.165) is 14.9 Å². The molecule has 1 heterocycles. The van der Waals surface area contributed by atoms with Crippen LogP contribution in [0.15, 0.2) is 50.0 Å². The topological polar surface area (TPSA) is 25.2 Å². The smallest absolute Gasteiger partial charge is 0.183 e. The standard InChI is InChI=1S/C13H13Br2NO/c1-9(10-5-3-2-4-6-10)16-8-11-7-12(14)13(15)17-11/h2-7,9,16H,8H2,1H3. The van der Waals surface area contributed by atoms with Crippen molar-refractivity contribution in [3.05, 3.63) is 56.9 Å². The Kier molecular flexibility index (Phi) is 4.42. The second kappa shape index (κ2) is 5.85. The van der Waals surface area contributed by atoms with Crippen LogP contribution >= 0.6 is 31.9 Å². The second-order valence-electron chi connectivity index (χ2n) is 3.85. The molecule has 0 aliphatic rings. The van der Waals surface area contributed by atoms with Gasteiger partial charge >= 0.3 is 0 Å². The summed E-state index contributed by atoms with van der Waals surface area (Å²) < 4.78 is 7.19. The van der Waals surface area contributed by atoms with Gasteiger partial charge in [0.2, 0.25) is 0 Å². The van der Waals surface area contributed by atoms with Crippen LogP contribution in [0, 0.1) is 0 Å². The number of nitrogens with one attached hydrogen (secondary N) is 1. The maximum Gasteiger partial charge on any atom is 0.183 e. The van der Waals surface area contributed by atoms with Crippen molar-refractivity contribution in [2.24, 2.45) is 0 Å². The van der Waals surface area contributed by atoms with Crippen LogP contribution < -0.4 is 5.32 Å². The minimum absolute atomic E-state index is 0.304. The molecule has 2 nitrogen and oxygen atoms in total. The maximum absolute atomic E-state index is 5.51. The predicted molar refractivity (Wildman–Crippen MR) is 75.8 cm³/mol. The molecule has 0 saturated heterocycles. The highest BCUT2D eigenvalue weighted by Gasteiger charge is 2.08. The number of benzene rings is 1. The number of hydrogen-bond acceptors (Lipinski definition) is 2. The van der Waals surface area contributed by atoms with Crippen LogP contribution in [-0.4, -0.2) is 0 Å². The average molecular weight is 359 g/mol. The van der Waals surface area contributed by atoms with Gasteiger partial charge in [-0.15, -0.1) is 0 Å². The first-order chi connectivity index (χ1) is 8.16. The fourth-order valence-corrected chi connectivity index (χ4v) is 2.25. The van der Waals surface area contributed by atoms with E-state index in [2.05, 4.69) is 56.2 Å². The quantitative estimate of drug-likeness (QED) is 0.860. The Balaban J connectivity index is 1.94. The van der Waals surface area contributed by atoms with Gasteiger partial charge in [0.25, 0.3) is 0 Å². The van der Waals surface area contributed by atoms with Gasteiger partial charge in [-0.3, -0.25) is 0 Å². The predicted octanol–water partition coefficient (Wildman–Crippen LogP) is 4.66. The lowest BCUT2D eigenvalue weighted by atomic mass is 10.1. The summed E-state index contributed by atoms with van der Waals surface area (Å²) in [7, 11) is 0. The van der Waals surface area contributed by atoms with E-state index in [-0.39, 0.29) is 0 Å². The minimum atomic E-state index is 0.304. The molecule has 1 N–H and O–H groups in total. The van der Waals surface area contributed by atoms with Crippen molar-refractivity contribution in [3.8, 4) is 0 Å². The van der Waals surface area contributed by atoms with E-state index in [9.17, 15) is 0 Å². The number of rotatable bonds is 4. The average Bonchev–Trinajstić information content (AvgIpc) is 2.67. The van der Waals surface area contributed by atoms with Gasteiger partial charge in [0.15, 0.2) is 4.67 Å². The van der Waals surface area contributed by atoms with Crippen molar-refractivity contribution in [1.29, 1.82) is 0 Å². The normalized spacial score (nSPS) is 12.6. The lowest BCUT2D eigenvalue weighted by Gasteiger charge is -2.12. The Morgan fingerprint density at radius 1 is 1.24 bits per heavy atom. The van der Waals surface area contributed by atoms with Crippen molar-refractivity contribution in [3.63, 3.8) is 0 Å². The zero-order valence-corrected chi connectivity index (χ0v) is 12.6. The molecule has 1 atom stereocenters. The number of halogens is 2. The third-order valence-electron chi connectivity index (χ3n) is 2.58. The van der Waals surface area contributed by atoms with Crippen molar-refractivity contribution in [2.45, 2.75) is 19.5 Å². The number of hydrogen-bond donors (Lipinski definition) is 1. The molecule has 4 heteroatoms. The molecule has 2 rings (SSSR count). The molecule has 0 aliphatic carbocycles. The van der Waals surface area contributed by atoms with Crippen LogP contribution in [0.2, 0.25) is 0 Å². The molecule has 17 heavy (non-hydrogen) atoms. The monoisotopic (exact) mass is 357 g/mol. The van der Waals surface area contributed by atoms with Crippen LogP contribution in [0.25, 0.3) is 0 Å². The van der Waals surface area contributed by atoms with E-state index in [1.165, 1.54) is 5.56 Å². The summed E-state index contributed by atoms with van der Waals surface area (Å²) in [5.41, 5.74) is 1.28. The third-order valence-corrected chi connectivity index (χ3v) is 4.29. The third kappa shape index (κ3) is 3.44. The summed E-state index contributed by atoms with van der Waals surface area (Å²) in [5.74, 6) is 0.909. The molecule has 0 fully saturated rings. The van der Waals surface area contributed by atoms with Gasteiger partial charge in [0.05, 0.1) is 11.0 Å². The SMILES string of the molecule is CC(NCc1cc(Br)c(Br)o1)c1ccccc1. The molecule has 1 aromatic heterocycles. The number of furan rings is 1. The highest BCUT2D eigenvalue weighted by molar-refractivity contribution is 9.13. The van der Waals surface area contributed by atoms with Gasteiger partial charge < -0.3 is 9.73 Å². The maximum atomic E-state index is 5.51. The largest absolute Gasteiger partial charge is 0.452 e. The summed E-state index contributed by atoms with van der Waals surface area (Å²) in [4.78, 5) is 0. The van der Waals surface area contributed by atoms with Crippen LogP contribution in [-0.2, 0) is 6.54 Å². The molecule has 0 saturated carbocycles. The van der Waals surface area contributed by atoms with E-state index < -0.39 is 0 Å². The fraction of sp³-hybridized carbons (Fsp3) is 0.231. The van der Waals surface area contributed by atoms with Crippen molar-refractivity contribution >= 4 is 31.9 Å². The molecule has 2 aromatic rings. The van der Waals surface area contributed by atoms with Gasteiger partial charge in [0, 0.05) is 6.04 Å². The van der Waals surface area contributed by atoms with Crippen molar-refractivity contribution in [2.75, 3.05) is 0 Å². The van der Waals surface area contributed by atoms with Crippen molar-refractivity contribution < 1.29 is 4.42 Å². The summed E-state index contributed by atoms with van der Waals surface area (Å²) in [6, 6.07) is 12.6. The molecule has 1 unspecified atom stereocenters. The molecule has 0 bridgehead atoms. The summed E-state index contributed by atoms with van der Waals surface area (Å²) in [5, 5.41) is 3.42. The van der Waals surface area contributed by atoms with Gasteiger partial charge in [-0.2, -0.15) is 0 Å². The lowest BCUT2D eigenvalue weighted by molar-refractivity contribution is 0.446. The highest BCUT2D eigenvalue weighted by atomic mass is 79.9. The minimum Gasteiger partial charge on any atom is -0.452 e. The summed E-state index contributed by atoms with van der Waals surface area (Å²) >= 11 is 6.73. The molecule has 0 radical (unpaired) electrons. The summed E-state index contributed by atoms with van der Waals surface area (Å²) in [6.07, 6.45) is 0. The second-order valence-corrected chi connectivity index (χ2v) is 5.42. The molecule has 90 valence electrons. The van der Waals surface area contributed by atoms with Crippen LogP contribution in [0.1, 0.15) is 24.3 Å². The first kappa shape index (κ1) is 12.9. The van der Waals surface area contributed by atoms with E-state index in [0.29, 0.717) is 12.6 Å². The first-order valence-corrected chi connectivity index (χ1v) is 6.97. The molecule has 1 aromatic carbocycles. The lowest BCUT2D eigenvalue weighted by Crippen LogP contribution is -2.17. The van der Waals surface area contributed by atoms with E-state index in [4.69, 9.17) is 4.42 Å². The Morgan fingerprint density at radius 2 is 1.94 bits per heavy atom. The Labute approximate surface area is 118 Å². The van der Waals surface area contributed by atoms with Gasteiger partial charge in [-0.25, -0.2) is 0 Å². The molecular formula is C13H13Br2NO. The highest BCUT2D eigenvalue weighted by Crippen LogP contribution is 2.27. The van der Waals surface area contributed by atoms with Crippen LogP contribution in [0.4, 0.5) is 0 Å². The Bertz CT molecular complexity index is 462. The molecule has 0 aliphatic heterocycles. The van der Waals surface area contributed by atoms with Crippen LogP contribution in [0.5, 0.6) is 0 Å². The molecule has 0 amide bonds. The van der Waals surface area contributed by atoms with E-state index in [1.54, 1.807) is 0 Å². The molecule has 0 spiro atoms. The first-order valence-electron chi connectivity index (χ1n) is 5.39. The fourth-order valence-electron chi connectivity index (χ4n) is 1.59.